The Morgan fingerprint density at radius 3 is 2.60 bits per heavy atom. The minimum absolute atomic E-state index is 0.0129. The van der Waals surface area contributed by atoms with Gasteiger partial charge >= 0.3 is 5.97 Å². The van der Waals surface area contributed by atoms with Crippen molar-refractivity contribution < 1.29 is 19.4 Å². The summed E-state index contributed by atoms with van der Waals surface area (Å²) < 4.78 is 5.61. The Bertz CT molecular complexity index is 573. The van der Waals surface area contributed by atoms with Crippen LogP contribution in [0.15, 0.2) is 24.3 Å². The van der Waals surface area contributed by atoms with Crippen LogP contribution in [0.25, 0.3) is 0 Å². The van der Waals surface area contributed by atoms with Crippen LogP contribution in [0.3, 0.4) is 0 Å². The summed E-state index contributed by atoms with van der Waals surface area (Å²) in [5, 5.41) is 8.91. The van der Waals surface area contributed by atoms with E-state index in [0.29, 0.717) is 18.8 Å². The number of carbonyl (C=O) groups is 2. The first-order chi connectivity index (χ1) is 12.0. The molecular formula is C19H28N2O4. The van der Waals surface area contributed by atoms with Crippen LogP contribution >= 0.6 is 0 Å². The zero-order valence-electron chi connectivity index (χ0n) is 15.1. The molecule has 1 unspecified atom stereocenters. The van der Waals surface area contributed by atoms with Gasteiger partial charge in [0.2, 0.25) is 0 Å². The molecule has 1 amide bonds. The number of amides is 1. The average Bonchev–Trinajstić information content (AvgIpc) is 2.86. The van der Waals surface area contributed by atoms with Gasteiger partial charge in [-0.1, -0.05) is 19.1 Å². The van der Waals surface area contributed by atoms with E-state index in [1.165, 1.54) is 5.56 Å². The van der Waals surface area contributed by atoms with E-state index >= 15 is 0 Å². The van der Waals surface area contributed by atoms with Crippen LogP contribution in [-0.4, -0.2) is 66.1 Å². The van der Waals surface area contributed by atoms with Gasteiger partial charge in [0.15, 0.2) is 6.61 Å². The van der Waals surface area contributed by atoms with Crippen LogP contribution in [0.2, 0.25) is 0 Å². The van der Waals surface area contributed by atoms with Crippen LogP contribution < -0.4 is 4.74 Å². The number of ether oxygens (including phenoxy) is 1. The van der Waals surface area contributed by atoms with Crippen LogP contribution in [-0.2, 0) is 16.0 Å². The normalized spacial score (nSPS) is 18.0. The lowest BCUT2D eigenvalue weighted by Gasteiger charge is -2.25. The van der Waals surface area contributed by atoms with Gasteiger partial charge in [0, 0.05) is 19.1 Å². The molecule has 1 aliphatic heterocycles. The van der Waals surface area contributed by atoms with Gasteiger partial charge in [-0.25, -0.2) is 0 Å². The van der Waals surface area contributed by atoms with Crippen molar-refractivity contribution in [1.29, 1.82) is 0 Å². The molecule has 1 atom stereocenters. The Labute approximate surface area is 149 Å². The molecule has 0 bridgehead atoms. The number of hydrogen-bond acceptors (Lipinski definition) is 4. The summed E-state index contributed by atoms with van der Waals surface area (Å²) in [4.78, 5) is 26.9. The summed E-state index contributed by atoms with van der Waals surface area (Å²) >= 11 is 0. The topological polar surface area (TPSA) is 70.1 Å². The zero-order chi connectivity index (χ0) is 18.2. The van der Waals surface area contributed by atoms with Crippen LogP contribution in [0.1, 0.15) is 31.7 Å². The Hall–Kier alpha value is -2.08. The number of benzene rings is 1. The number of nitrogens with zero attached hydrogens (tertiary/aromatic N) is 2. The maximum Gasteiger partial charge on any atom is 0.317 e. The Kier molecular flexibility index (Phi) is 7.25. The van der Waals surface area contributed by atoms with Gasteiger partial charge in [0.25, 0.3) is 5.91 Å². The molecule has 0 aliphatic carbocycles. The van der Waals surface area contributed by atoms with E-state index in [-0.39, 0.29) is 25.1 Å². The summed E-state index contributed by atoms with van der Waals surface area (Å²) in [6.07, 6.45) is 3.56. The summed E-state index contributed by atoms with van der Waals surface area (Å²) in [7, 11) is 1.83. The number of likely N-dealkylation sites (tertiary alicyclic amines) is 1. The van der Waals surface area contributed by atoms with Crippen molar-refractivity contribution >= 4 is 11.9 Å². The Balaban J connectivity index is 1.80. The number of hydrogen-bond donors (Lipinski definition) is 1. The largest absolute Gasteiger partial charge is 0.484 e. The highest BCUT2D eigenvalue weighted by Gasteiger charge is 2.24. The van der Waals surface area contributed by atoms with Crippen LogP contribution in [0.4, 0.5) is 0 Å². The predicted molar refractivity (Wildman–Crippen MR) is 95.8 cm³/mol. The highest BCUT2D eigenvalue weighted by atomic mass is 16.5. The van der Waals surface area contributed by atoms with Crippen molar-refractivity contribution in [1.82, 2.24) is 9.80 Å². The zero-order valence-corrected chi connectivity index (χ0v) is 15.1. The first-order valence-corrected chi connectivity index (χ1v) is 8.91. The van der Waals surface area contributed by atoms with E-state index in [9.17, 15) is 9.59 Å². The number of carboxylic acid groups (broad SMARTS) is 1. The van der Waals surface area contributed by atoms with E-state index in [1.807, 2.05) is 41.1 Å². The first kappa shape index (κ1) is 19.2. The maximum atomic E-state index is 12.4. The van der Waals surface area contributed by atoms with Gasteiger partial charge in [-0.15, -0.1) is 0 Å². The van der Waals surface area contributed by atoms with Crippen molar-refractivity contribution in [3.63, 3.8) is 0 Å². The van der Waals surface area contributed by atoms with Crippen molar-refractivity contribution in [3.8, 4) is 5.75 Å². The smallest absolute Gasteiger partial charge is 0.317 e. The van der Waals surface area contributed by atoms with Gasteiger partial charge in [-0.05, 0) is 50.4 Å². The van der Waals surface area contributed by atoms with Crippen molar-refractivity contribution in [3.05, 3.63) is 29.8 Å². The van der Waals surface area contributed by atoms with E-state index in [2.05, 4.69) is 6.92 Å². The summed E-state index contributed by atoms with van der Waals surface area (Å²) in [6.45, 7) is 3.52. The highest BCUT2D eigenvalue weighted by Crippen LogP contribution is 2.17. The number of aryl methyl sites for hydroxylation is 1. The molecule has 1 heterocycles. The fraction of sp³-hybridized carbons (Fsp3) is 0.579. The molecule has 2 rings (SSSR count). The molecule has 1 aromatic rings. The molecule has 1 saturated heterocycles. The fourth-order valence-corrected chi connectivity index (χ4v) is 3.17. The number of carboxylic acids is 1. The van der Waals surface area contributed by atoms with Crippen LogP contribution in [0.5, 0.6) is 5.75 Å². The van der Waals surface area contributed by atoms with Gasteiger partial charge in [-0.3, -0.25) is 14.5 Å². The van der Waals surface area contributed by atoms with Crippen molar-refractivity contribution in [2.75, 3.05) is 33.3 Å². The van der Waals surface area contributed by atoms with Gasteiger partial charge in [0.1, 0.15) is 5.75 Å². The fourth-order valence-electron chi connectivity index (χ4n) is 3.17. The number of likely N-dealkylation sites (N-methyl/N-ethyl adjacent to an activating group) is 1. The molecule has 0 radical (unpaired) electrons. The summed E-state index contributed by atoms with van der Waals surface area (Å²) in [6, 6.07) is 8.01. The highest BCUT2D eigenvalue weighted by molar-refractivity contribution is 5.77. The van der Waals surface area contributed by atoms with E-state index in [4.69, 9.17) is 9.84 Å². The number of carbonyl (C=O) groups excluding carboxylic acids is 1. The monoisotopic (exact) mass is 348 g/mol. The molecule has 6 heteroatoms. The number of rotatable bonds is 7. The molecule has 138 valence electrons. The molecular weight excluding hydrogens is 320 g/mol. The molecule has 0 saturated carbocycles. The van der Waals surface area contributed by atoms with Crippen molar-refractivity contribution in [2.24, 2.45) is 0 Å². The Morgan fingerprint density at radius 2 is 1.96 bits per heavy atom. The second kappa shape index (κ2) is 9.42. The maximum absolute atomic E-state index is 12.4. The molecule has 1 N–H and O–H groups in total. The third-order valence-corrected chi connectivity index (χ3v) is 4.75. The van der Waals surface area contributed by atoms with Gasteiger partial charge < -0.3 is 14.7 Å². The van der Waals surface area contributed by atoms with Gasteiger partial charge in [0.05, 0.1) is 6.54 Å². The second-order valence-electron chi connectivity index (χ2n) is 6.56. The molecule has 0 aromatic heterocycles. The summed E-state index contributed by atoms with van der Waals surface area (Å²) in [5.74, 6) is -0.122. The minimum Gasteiger partial charge on any atom is -0.484 e. The average molecular weight is 348 g/mol. The minimum atomic E-state index is -0.817. The molecule has 1 aromatic carbocycles. The lowest BCUT2D eigenvalue weighted by molar-refractivity contribution is -0.138. The van der Waals surface area contributed by atoms with Crippen molar-refractivity contribution in [2.45, 2.75) is 38.6 Å². The standard InChI is InChI=1S/C19H28N2O4/c1-3-15-6-8-17(9-7-15)25-14-18(22)21-11-4-5-16(10-12-21)20(2)13-19(23)24/h6-9,16H,3-5,10-14H2,1-2H3,(H,23,24). The second-order valence-corrected chi connectivity index (χ2v) is 6.56. The molecule has 0 spiro atoms. The predicted octanol–water partition coefficient (Wildman–Crippen LogP) is 2.03. The van der Waals surface area contributed by atoms with E-state index < -0.39 is 5.97 Å². The lowest BCUT2D eigenvalue weighted by Crippen LogP contribution is -2.38. The number of aliphatic carboxylic acids is 1. The van der Waals surface area contributed by atoms with E-state index in [1.54, 1.807) is 0 Å². The summed E-state index contributed by atoms with van der Waals surface area (Å²) in [5.41, 5.74) is 1.24. The molecule has 1 fully saturated rings. The third kappa shape index (κ3) is 6.05. The Morgan fingerprint density at radius 1 is 1.24 bits per heavy atom. The first-order valence-electron chi connectivity index (χ1n) is 8.91. The molecule has 25 heavy (non-hydrogen) atoms. The lowest BCUT2D eigenvalue weighted by atomic mass is 10.1. The molecule has 1 aliphatic rings. The SMILES string of the molecule is CCc1ccc(OCC(=O)N2CCCC(N(C)CC(=O)O)CC2)cc1. The molecule has 6 nitrogen and oxygen atoms in total. The quantitative estimate of drug-likeness (QED) is 0.816. The van der Waals surface area contributed by atoms with Gasteiger partial charge in [-0.2, -0.15) is 0 Å². The van der Waals surface area contributed by atoms with E-state index in [0.717, 1.165) is 25.7 Å². The third-order valence-electron chi connectivity index (χ3n) is 4.75. The van der Waals surface area contributed by atoms with Crippen LogP contribution in [0, 0.1) is 0 Å².